The van der Waals surface area contributed by atoms with Gasteiger partial charge in [-0.15, -0.1) is 0 Å². The Morgan fingerprint density at radius 3 is 3.00 bits per heavy atom. The van der Waals surface area contributed by atoms with Gasteiger partial charge in [0.25, 0.3) is 0 Å². The molecule has 4 nitrogen and oxygen atoms in total. The minimum atomic E-state index is -0.838. The van der Waals surface area contributed by atoms with Crippen molar-refractivity contribution in [1.29, 1.82) is 0 Å². The Morgan fingerprint density at radius 2 is 2.55 bits per heavy atom. The Balaban J connectivity index is 2.55. The van der Waals surface area contributed by atoms with Gasteiger partial charge in [0.2, 0.25) is 0 Å². The van der Waals surface area contributed by atoms with E-state index in [1.165, 1.54) is 0 Å². The zero-order valence-corrected chi connectivity index (χ0v) is 6.19. The first-order valence-corrected chi connectivity index (χ1v) is 3.39. The van der Waals surface area contributed by atoms with Crippen LogP contribution in [0.3, 0.4) is 0 Å². The molecule has 0 aromatic rings. The molecule has 2 atom stereocenters. The maximum absolute atomic E-state index is 10.5. The van der Waals surface area contributed by atoms with Crippen molar-refractivity contribution >= 4 is 12.2 Å². The lowest BCUT2D eigenvalue weighted by Crippen LogP contribution is -2.35. The molecule has 0 amide bonds. The molecule has 60 valence electrons. The number of rotatable bonds is 2. The van der Waals surface area contributed by atoms with E-state index >= 15 is 0 Å². The van der Waals surface area contributed by atoms with Gasteiger partial charge in [0, 0.05) is 6.21 Å². The van der Waals surface area contributed by atoms with Crippen molar-refractivity contribution in [3.8, 4) is 0 Å². The summed E-state index contributed by atoms with van der Waals surface area (Å²) in [6.45, 7) is 1.62. The SMILES string of the molecule is CC(C(=O)O)C1N=CC=CN1. The van der Waals surface area contributed by atoms with Crippen molar-refractivity contribution in [2.45, 2.75) is 13.1 Å². The van der Waals surface area contributed by atoms with E-state index in [9.17, 15) is 4.79 Å². The molecule has 1 aliphatic heterocycles. The van der Waals surface area contributed by atoms with Gasteiger partial charge < -0.3 is 10.4 Å². The van der Waals surface area contributed by atoms with Crippen LogP contribution in [-0.4, -0.2) is 23.5 Å². The highest BCUT2D eigenvalue weighted by atomic mass is 16.4. The Kier molecular flexibility index (Phi) is 2.25. The molecule has 1 rings (SSSR count). The molecular weight excluding hydrogens is 144 g/mol. The summed E-state index contributed by atoms with van der Waals surface area (Å²) in [4.78, 5) is 14.4. The van der Waals surface area contributed by atoms with Crippen molar-refractivity contribution in [1.82, 2.24) is 5.32 Å². The summed E-state index contributed by atoms with van der Waals surface area (Å²) in [7, 11) is 0. The van der Waals surface area contributed by atoms with Crippen LogP contribution >= 0.6 is 0 Å². The fourth-order valence-corrected chi connectivity index (χ4v) is 0.791. The monoisotopic (exact) mass is 154 g/mol. The average molecular weight is 154 g/mol. The number of nitrogens with zero attached hydrogens (tertiary/aromatic N) is 1. The third-order valence-corrected chi connectivity index (χ3v) is 1.56. The number of hydrogen-bond donors (Lipinski definition) is 2. The smallest absolute Gasteiger partial charge is 0.310 e. The van der Waals surface area contributed by atoms with Gasteiger partial charge >= 0.3 is 5.97 Å². The first-order chi connectivity index (χ1) is 5.22. The number of carbonyl (C=O) groups is 1. The number of nitrogens with one attached hydrogen (secondary N) is 1. The standard InChI is InChI=1S/C7H10N2O2/c1-5(7(10)11)6-8-3-2-4-9-6/h2-6,8H,1H3,(H,10,11). The van der Waals surface area contributed by atoms with Crippen LogP contribution in [0.1, 0.15) is 6.92 Å². The molecule has 0 aromatic heterocycles. The van der Waals surface area contributed by atoms with Gasteiger partial charge in [0.05, 0.1) is 5.92 Å². The summed E-state index contributed by atoms with van der Waals surface area (Å²) in [6.07, 6.45) is 4.69. The number of carboxylic acid groups (broad SMARTS) is 1. The van der Waals surface area contributed by atoms with E-state index in [0.29, 0.717) is 0 Å². The molecule has 0 saturated heterocycles. The second kappa shape index (κ2) is 3.18. The van der Waals surface area contributed by atoms with Gasteiger partial charge in [-0.1, -0.05) is 0 Å². The second-order valence-electron chi connectivity index (χ2n) is 2.40. The lowest BCUT2D eigenvalue weighted by molar-refractivity contribution is -0.141. The molecular formula is C7H10N2O2. The van der Waals surface area contributed by atoms with Crippen LogP contribution in [0.15, 0.2) is 17.3 Å². The zero-order valence-electron chi connectivity index (χ0n) is 6.19. The van der Waals surface area contributed by atoms with Crippen LogP contribution in [0, 0.1) is 5.92 Å². The van der Waals surface area contributed by atoms with Crippen molar-refractivity contribution in [3.63, 3.8) is 0 Å². The summed E-state index contributed by atoms with van der Waals surface area (Å²) < 4.78 is 0. The van der Waals surface area contributed by atoms with Crippen molar-refractivity contribution in [3.05, 3.63) is 12.3 Å². The van der Waals surface area contributed by atoms with Gasteiger partial charge in [-0.2, -0.15) is 0 Å². The summed E-state index contributed by atoms with van der Waals surface area (Å²) in [5.41, 5.74) is 0. The van der Waals surface area contributed by atoms with E-state index in [1.54, 1.807) is 25.4 Å². The predicted molar refractivity (Wildman–Crippen MR) is 41.4 cm³/mol. The van der Waals surface area contributed by atoms with Crippen LogP contribution in [0.5, 0.6) is 0 Å². The largest absolute Gasteiger partial charge is 0.481 e. The van der Waals surface area contributed by atoms with Gasteiger partial charge in [0.15, 0.2) is 0 Å². The number of aliphatic imine (C=N–C) groups is 1. The van der Waals surface area contributed by atoms with E-state index in [4.69, 9.17) is 5.11 Å². The molecule has 4 heteroatoms. The molecule has 0 saturated carbocycles. The second-order valence-corrected chi connectivity index (χ2v) is 2.40. The van der Waals surface area contributed by atoms with Crippen molar-refractivity contribution < 1.29 is 9.90 Å². The highest BCUT2D eigenvalue weighted by Gasteiger charge is 2.21. The molecule has 2 N–H and O–H groups in total. The average Bonchev–Trinajstić information content (AvgIpc) is 2.05. The van der Waals surface area contributed by atoms with E-state index < -0.39 is 11.9 Å². The van der Waals surface area contributed by atoms with Gasteiger partial charge in [-0.05, 0) is 19.2 Å². The summed E-state index contributed by atoms with van der Waals surface area (Å²) >= 11 is 0. The molecule has 0 aliphatic carbocycles. The van der Waals surface area contributed by atoms with Crippen LogP contribution in [0.25, 0.3) is 0 Å². The highest BCUT2D eigenvalue weighted by molar-refractivity contribution is 5.74. The third-order valence-electron chi connectivity index (χ3n) is 1.56. The Morgan fingerprint density at radius 1 is 1.82 bits per heavy atom. The van der Waals surface area contributed by atoms with Crippen LogP contribution in [0.4, 0.5) is 0 Å². The van der Waals surface area contributed by atoms with E-state index in [1.807, 2.05) is 0 Å². The van der Waals surface area contributed by atoms with E-state index in [2.05, 4.69) is 10.3 Å². The molecule has 0 bridgehead atoms. The summed E-state index contributed by atoms with van der Waals surface area (Å²) in [5, 5.41) is 11.4. The van der Waals surface area contributed by atoms with E-state index in [0.717, 1.165) is 0 Å². The van der Waals surface area contributed by atoms with Gasteiger partial charge in [-0.25, -0.2) is 0 Å². The number of aliphatic carboxylic acids is 1. The maximum atomic E-state index is 10.5. The third kappa shape index (κ3) is 1.80. The number of allylic oxidation sites excluding steroid dienone is 1. The molecule has 1 heterocycles. The first kappa shape index (κ1) is 7.78. The fraction of sp³-hybridized carbons (Fsp3) is 0.429. The zero-order chi connectivity index (χ0) is 8.27. The first-order valence-electron chi connectivity index (χ1n) is 3.39. The summed E-state index contributed by atoms with van der Waals surface area (Å²) in [6, 6.07) is 0. The molecule has 0 radical (unpaired) electrons. The van der Waals surface area contributed by atoms with E-state index in [-0.39, 0.29) is 6.17 Å². The quantitative estimate of drug-likeness (QED) is 0.598. The normalized spacial score (nSPS) is 24.3. The molecule has 2 unspecified atom stereocenters. The minimum Gasteiger partial charge on any atom is -0.481 e. The number of hydrogen-bond acceptors (Lipinski definition) is 3. The molecule has 0 spiro atoms. The molecule has 1 aliphatic rings. The Labute approximate surface area is 64.6 Å². The molecule has 0 aromatic carbocycles. The Bertz CT molecular complexity index is 210. The van der Waals surface area contributed by atoms with Crippen molar-refractivity contribution in [2.75, 3.05) is 0 Å². The molecule has 0 fully saturated rings. The maximum Gasteiger partial charge on any atom is 0.310 e. The fourth-order valence-electron chi connectivity index (χ4n) is 0.791. The van der Waals surface area contributed by atoms with Gasteiger partial charge in [0.1, 0.15) is 6.17 Å². The molecule has 11 heavy (non-hydrogen) atoms. The van der Waals surface area contributed by atoms with Crippen molar-refractivity contribution in [2.24, 2.45) is 10.9 Å². The highest BCUT2D eigenvalue weighted by Crippen LogP contribution is 2.05. The summed E-state index contributed by atoms with van der Waals surface area (Å²) in [5.74, 6) is -1.33. The number of carboxylic acids is 1. The minimum absolute atomic E-state index is 0.322. The van der Waals surface area contributed by atoms with Crippen LogP contribution in [-0.2, 0) is 4.79 Å². The van der Waals surface area contributed by atoms with Crippen LogP contribution < -0.4 is 5.32 Å². The van der Waals surface area contributed by atoms with Gasteiger partial charge in [-0.3, -0.25) is 9.79 Å². The lowest BCUT2D eigenvalue weighted by atomic mass is 10.1. The van der Waals surface area contributed by atoms with Crippen LogP contribution in [0.2, 0.25) is 0 Å². The topological polar surface area (TPSA) is 61.7 Å². The Hall–Kier alpha value is -1.32. The predicted octanol–water partition coefficient (Wildman–Crippen LogP) is 0.221. The lowest BCUT2D eigenvalue weighted by Gasteiger charge is -2.18.